The summed E-state index contributed by atoms with van der Waals surface area (Å²) in [5.74, 6) is -2.89. The van der Waals surface area contributed by atoms with E-state index in [2.05, 4.69) is 4.90 Å². The van der Waals surface area contributed by atoms with E-state index in [1.54, 1.807) is 12.1 Å². The van der Waals surface area contributed by atoms with Gasteiger partial charge in [0.2, 0.25) is 9.84 Å². The van der Waals surface area contributed by atoms with Crippen LogP contribution in [-0.4, -0.2) is 53.2 Å². The van der Waals surface area contributed by atoms with Crippen LogP contribution in [0, 0.1) is 5.92 Å². The molecular formula is C17H23F2NO4S. The zero-order valence-corrected chi connectivity index (χ0v) is 14.8. The van der Waals surface area contributed by atoms with Crippen LogP contribution in [0.25, 0.3) is 0 Å². The van der Waals surface area contributed by atoms with E-state index in [0.29, 0.717) is 5.92 Å². The van der Waals surface area contributed by atoms with Crippen LogP contribution < -0.4 is 4.90 Å². The molecule has 0 bridgehead atoms. The van der Waals surface area contributed by atoms with Crippen molar-refractivity contribution in [1.29, 1.82) is 0 Å². The van der Waals surface area contributed by atoms with Crippen molar-refractivity contribution < 1.29 is 26.7 Å². The summed E-state index contributed by atoms with van der Waals surface area (Å²) in [6.45, 7) is 3.95. The first kappa shape index (κ1) is 18.5. The maximum atomic E-state index is 12.6. The SMILES string of the molecule is O=S(=O)(c1ccc(N2CCC(OCC3CCOC3)CC2)cc1)C(F)F. The van der Waals surface area contributed by atoms with Gasteiger partial charge in [0.25, 0.3) is 0 Å². The molecule has 2 saturated heterocycles. The summed E-state index contributed by atoms with van der Waals surface area (Å²) in [5.41, 5.74) is 0.843. The van der Waals surface area contributed by atoms with Crippen molar-refractivity contribution in [3.8, 4) is 0 Å². The van der Waals surface area contributed by atoms with Crippen LogP contribution in [0.2, 0.25) is 0 Å². The number of hydrogen-bond acceptors (Lipinski definition) is 5. The molecule has 1 unspecified atom stereocenters. The Morgan fingerprint density at radius 1 is 1.16 bits per heavy atom. The van der Waals surface area contributed by atoms with E-state index < -0.39 is 15.6 Å². The van der Waals surface area contributed by atoms with Gasteiger partial charge in [0.05, 0.1) is 24.2 Å². The van der Waals surface area contributed by atoms with Crippen molar-refractivity contribution in [3.05, 3.63) is 24.3 Å². The van der Waals surface area contributed by atoms with Crippen LogP contribution in [0.15, 0.2) is 29.2 Å². The van der Waals surface area contributed by atoms with Crippen LogP contribution in [0.4, 0.5) is 14.5 Å². The summed E-state index contributed by atoms with van der Waals surface area (Å²) in [6, 6.07) is 5.68. The first-order valence-corrected chi connectivity index (χ1v) is 10.1. The van der Waals surface area contributed by atoms with Gasteiger partial charge in [-0.2, -0.15) is 8.78 Å². The smallest absolute Gasteiger partial charge is 0.341 e. The number of rotatable bonds is 6. The second-order valence-corrected chi connectivity index (χ2v) is 8.47. The Hall–Kier alpha value is -1.25. The minimum absolute atomic E-state index is 0.232. The Morgan fingerprint density at radius 2 is 1.84 bits per heavy atom. The predicted octanol–water partition coefficient (Wildman–Crippen LogP) is 2.70. The highest BCUT2D eigenvalue weighted by atomic mass is 32.2. The summed E-state index contributed by atoms with van der Waals surface area (Å²) in [7, 11) is -4.53. The largest absolute Gasteiger partial charge is 0.381 e. The van der Waals surface area contributed by atoms with Gasteiger partial charge >= 0.3 is 5.76 Å². The van der Waals surface area contributed by atoms with Gasteiger partial charge in [-0.05, 0) is 43.5 Å². The van der Waals surface area contributed by atoms with Gasteiger partial charge in [-0.15, -0.1) is 0 Å². The molecule has 2 fully saturated rings. The number of ether oxygens (including phenoxy) is 2. The molecule has 25 heavy (non-hydrogen) atoms. The molecule has 5 nitrogen and oxygen atoms in total. The fourth-order valence-electron chi connectivity index (χ4n) is 3.22. The average Bonchev–Trinajstić information content (AvgIpc) is 3.14. The van der Waals surface area contributed by atoms with Gasteiger partial charge in [0.15, 0.2) is 0 Å². The van der Waals surface area contributed by atoms with Crippen molar-refractivity contribution in [3.63, 3.8) is 0 Å². The third-order valence-corrected chi connectivity index (χ3v) is 6.20. The molecular weight excluding hydrogens is 352 g/mol. The Kier molecular flexibility index (Phi) is 5.91. The molecule has 0 saturated carbocycles. The van der Waals surface area contributed by atoms with Gasteiger partial charge in [-0.25, -0.2) is 8.42 Å². The van der Waals surface area contributed by atoms with E-state index in [1.807, 2.05) is 0 Å². The van der Waals surface area contributed by atoms with E-state index >= 15 is 0 Å². The molecule has 140 valence electrons. The molecule has 0 radical (unpaired) electrons. The predicted molar refractivity (Wildman–Crippen MR) is 89.7 cm³/mol. The fraction of sp³-hybridized carbons (Fsp3) is 0.647. The summed E-state index contributed by atoms with van der Waals surface area (Å²) >= 11 is 0. The molecule has 0 spiro atoms. The Morgan fingerprint density at radius 3 is 2.40 bits per heavy atom. The molecule has 3 rings (SSSR count). The molecule has 2 heterocycles. The molecule has 0 aromatic heterocycles. The quantitative estimate of drug-likeness (QED) is 0.765. The second kappa shape index (κ2) is 7.97. The monoisotopic (exact) mass is 375 g/mol. The lowest BCUT2D eigenvalue weighted by molar-refractivity contribution is 0.0132. The number of hydrogen-bond donors (Lipinski definition) is 0. The summed E-state index contributed by atoms with van der Waals surface area (Å²) in [5, 5.41) is 0. The fourth-order valence-corrected chi connectivity index (χ4v) is 3.94. The molecule has 0 amide bonds. The minimum Gasteiger partial charge on any atom is -0.381 e. The summed E-state index contributed by atoms with van der Waals surface area (Å²) < 4.78 is 59.3. The minimum atomic E-state index is -4.53. The van der Waals surface area contributed by atoms with E-state index in [0.717, 1.165) is 57.9 Å². The number of piperidine rings is 1. The van der Waals surface area contributed by atoms with E-state index in [1.165, 1.54) is 12.1 Å². The summed E-state index contributed by atoms with van der Waals surface area (Å²) in [4.78, 5) is 1.78. The number of alkyl halides is 2. The maximum absolute atomic E-state index is 12.6. The number of sulfone groups is 1. The first-order valence-electron chi connectivity index (χ1n) is 8.53. The molecule has 0 N–H and O–H groups in total. The number of halogens is 2. The second-order valence-electron chi connectivity index (χ2n) is 6.55. The van der Waals surface area contributed by atoms with Crippen molar-refractivity contribution in [2.75, 3.05) is 37.8 Å². The molecule has 0 aliphatic carbocycles. The van der Waals surface area contributed by atoms with E-state index in [4.69, 9.17) is 9.47 Å². The molecule has 2 aliphatic heterocycles. The highest BCUT2D eigenvalue weighted by Gasteiger charge is 2.27. The highest BCUT2D eigenvalue weighted by Crippen LogP contribution is 2.25. The molecule has 1 aromatic rings. The average molecular weight is 375 g/mol. The third-order valence-electron chi connectivity index (χ3n) is 4.80. The number of benzene rings is 1. The zero-order valence-electron chi connectivity index (χ0n) is 13.9. The standard InChI is InChI=1S/C17H23F2NO4S/c18-17(19)25(21,22)16-3-1-14(2-4-16)20-8-5-15(6-9-20)24-12-13-7-10-23-11-13/h1-4,13,15,17H,5-12H2. The molecule has 8 heteroatoms. The van der Waals surface area contributed by atoms with Crippen LogP contribution in [0.1, 0.15) is 19.3 Å². The number of anilines is 1. The van der Waals surface area contributed by atoms with Gasteiger partial charge in [0.1, 0.15) is 0 Å². The highest BCUT2D eigenvalue weighted by molar-refractivity contribution is 7.91. The van der Waals surface area contributed by atoms with Crippen molar-refractivity contribution in [2.24, 2.45) is 5.92 Å². The van der Waals surface area contributed by atoms with Crippen LogP contribution in [-0.2, 0) is 19.3 Å². The number of nitrogens with zero attached hydrogens (tertiary/aromatic N) is 1. The zero-order chi connectivity index (χ0) is 17.9. The Bertz CT molecular complexity index is 652. The lowest BCUT2D eigenvalue weighted by Crippen LogP contribution is -2.37. The summed E-state index contributed by atoms with van der Waals surface area (Å²) in [6.07, 6.45) is 3.08. The molecule has 2 aliphatic rings. The molecule has 1 aromatic carbocycles. The van der Waals surface area contributed by atoms with Crippen molar-refractivity contribution in [1.82, 2.24) is 0 Å². The van der Waals surface area contributed by atoms with Gasteiger partial charge < -0.3 is 14.4 Å². The lowest BCUT2D eigenvalue weighted by Gasteiger charge is -2.34. The van der Waals surface area contributed by atoms with E-state index in [-0.39, 0.29) is 11.0 Å². The van der Waals surface area contributed by atoms with Crippen LogP contribution >= 0.6 is 0 Å². The van der Waals surface area contributed by atoms with E-state index in [9.17, 15) is 17.2 Å². The van der Waals surface area contributed by atoms with Crippen molar-refractivity contribution in [2.45, 2.75) is 36.0 Å². The topological polar surface area (TPSA) is 55.8 Å². The van der Waals surface area contributed by atoms with Crippen LogP contribution in [0.3, 0.4) is 0 Å². The van der Waals surface area contributed by atoms with Gasteiger partial charge in [-0.3, -0.25) is 0 Å². The van der Waals surface area contributed by atoms with Crippen molar-refractivity contribution >= 4 is 15.5 Å². The van der Waals surface area contributed by atoms with Crippen LogP contribution in [0.5, 0.6) is 0 Å². The Balaban J connectivity index is 1.51. The Labute approximate surface area is 146 Å². The van der Waals surface area contributed by atoms with Gasteiger partial charge in [-0.1, -0.05) is 0 Å². The normalized spacial score (nSPS) is 22.7. The lowest BCUT2D eigenvalue weighted by atomic mass is 10.1. The third kappa shape index (κ3) is 4.48. The maximum Gasteiger partial charge on any atom is 0.341 e. The molecule has 1 atom stereocenters. The first-order chi connectivity index (χ1) is 12.0. The van der Waals surface area contributed by atoms with Gasteiger partial charge in [0, 0.05) is 31.3 Å².